The van der Waals surface area contributed by atoms with E-state index in [0.717, 1.165) is 18.5 Å². The molecule has 1 atom stereocenters. The molecule has 0 radical (unpaired) electrons. The standard InChI is InChI=1S/C29H24N2.C2H6/c1-3-11-21(12-4-1)26-19-23(20-27(30-26)22-13-5-2-6-14-22)31-28-17-9-7-15-24(28)25-16-8-10-18-29(25)31;1-2/h1-9,11-17,19-20,26,30H,10,18H2;1-2H3. The zero-order valence-electron chi connectivity index (χ0n) is 19.3. The predicted molar refractivity (Wildman–Crippen MR) is 142 cm³/mol. The number of nitrogens with one attached hydrogen (secondary N) is 1. The quantitative estimate of drug-likeness (QED) is 0.350. The fraction of sp³-hybridized carbons (Fsp3) is 0.161. The topological polar surface area (TPSA) is 17.0 Å². The Morgan fingerprint density at radius 2 is 1.52 bits per heavy atom. The SMILES string of the molecule is C1=Cc2c(n(C3=CC(c4ccccc4)NC(c4ccccc4)=C3)c3ccccc23)CC1.CC. The number of hydrogen-bond donors (Lipinski definition) is 1. The molecular formula is C31H30N2. The molecule has 0 saturated heterocycles. The molecule has 2 heteroatoms. The Morgan fingerprint density at radius 3 is 2.30 bits per heavy atom. The third-order valence-corrected chi connectivity index (χ3v) is 6.29. The van der Waals surface area contributed by atoms with Crippen molar-refractivity contribution >= 4 is 28.4 Å². The van der Waals surface area contributed by atoms with E-state index in [1.165, 1.54) is 39.0 Å². The van der Waals surface area contributed by atoms with Crippen LogP contribution in [0.1, 0.15) is 48.7 Å². The van der Waals surface area contributed by atoms with Crippen LogP contribution < -0.4 is 5.32 Å². The third kappa shape index (κ3) is 3.93. The average Bonchev–Trinajstić information content (AvgIpc) is 3.25. The number of benzene rings is 3. The number of dihydropyridines is 1. The van der Waals surface area contributed by atoms with Crippen LogP contribution in [0, 0.1) is 0 Å². The van der Waals surface area contributed by atoms with Gasteiger partial charge in [-0.15, -0.1) is 0 Å². The highest BCUT2D eigenvalue weighted by molar-refractivity contribution is 5.96. The summed E-state index contributed by atoms with van der Waals surface area (Å²) >= 11 is 0. The van der Waals surface area contributed by atoms with Gasteiger partial charge in [-0.1, -0.05) is 105 Å². The molecule has 0 bridgehead atoms. The van der Waals surface area contributed by atoms with E-state index in [2.05, 4.69) is 119 Å². The summed E-state index contributed by atoms with van der Waals surface area (Å²) in [5.74, 6) is 0. The molecule has 2 aliphatic rings. The summed E-state index contributed by atoms with van der Waals surface area (Å²) in [7, 11) is 0. The molecule has 1 aliphatic heterocycles. The molecule has 164 valence electrons. The first kappa shape index (κ1) is 21.1. The van der Waals surface area contributed by atoms with Gasteiger partial charge in [0, 0.05) is 28.0 Å². The lowest BCUT2D eigenvalue weighted by molar-refractivity contribution is 0.758. The monoisotopic (exact) mass is 430 g/mol. The van der Waals surface area contributed by atoms with Gasteiger partial charge in [-0.25, -0.2) is 0 Å². The molecule has 0 spiro atoms. The molecule has 1 N–H and O–H groups in total. The Labute approximate surface area is 196 Å². The lowest BCUT2D eigenvalue weighted by atomic mass is 9.99. The van der Waals surface area contributed by atoms with Crippen molar-refractivity contribution in [3.8, 4) is 0 Å². The van der Waals surface area contributed by atoms with Crippen LogP contribution in [-0.4, -0.2) is 4.57 Å². The molecule has 6 rings (SSSR count). The summed E-state index contributed by atoms with van der Waals surface area (Å²) in [5.41, 5.74) is 8.93. The van der Waals surface area contributed by atoms with E-state index in [-0.39, 0.29) is 6.04 Å². The summed E-state index contributed by atoms with van der Waals surface area (Å²) in [4.78, 5) is 0. The van der Waals surface area contributed by atoms with Gasteiger partial charge in [0.05, 0.1) is 11.6 Å². The number of allylic oxidation sites excluding steroid dienone is 3. The van der Waals surface area contributed by atoms with Gasteiger partial charge in [-0.2, -0.15) is 0 Å². The van der Waals surface area contributed by atoms with Crippen LogP contribution in [0.3, 0.4) is 0 Å². The average molecular weight is 431 g/mol. The molecule has 0 saturated carbocycles. The number of para-hydroxylation sites is 1. The van der Waals surface area contributed by atoms with Gasteiger partial charge in [0.25, 0.3) is 0 Å². The summed E-state index contributed by atoms with van der Waals surface area (Å²) < 4.78 is 2.48. The molecular weight excluding hydrogens is 400 g/mol. The van der Waals surface area contributed by atoms with Gasteiger partial charge >= 0.3 is 0 Å². The summed E-state index contributed by atoms with van der Waals surface area (Å²) in [6.07, 6.45) is 11.4. The van der Waals surface area contributed by atoms with Crippen LogP contribution in [0.25, 0.3) is 28.4 Å². The highest BCUT2D eigenvalue weighted by atomic mass is 15.0. The Balaban J connectivity index is 0.00000111. The molecule has 1 aliphatic carbocycles. The molecule has 2 heterocycles. The Bertz CT molecular complexity index is 1340. The van der Waals surface area contributed by atoms with Crippen molar-refractivity contribution in [3.05, 3.63) is 126 Å². The zero-order valence-corrected chi connectivity index (χ0v) is 19.3. The van der Waals surface area contributed by atoms with Crippen molar-refractivity contribution in [1.29, 1.82) is 0 Å². The van der Waals surface area contributed by atoms with Gasteiger partial charge in [0.15, 0.2) is 0 Å². The molecule has 0 amide bonds. The summed E-state index contributed by atoms with van der Waals surface area (Å²) in [5, 5.41) is 5.10. The van der Waals surface area contributed by atoms with E-state index < -0.39 is 0 Å². The highest BCUT2D eigenvalue weighted by Crippen LogP contribution is 2.37. The molecule has 33 heavy (non-hydrogen) atoms. The predicted octanol–water partition coefficient (Wildman–Crippen LogP) is 7.85. The molecule has 1 aromatic heterocycles. The normalized spacial score (nSPS) is 16.7. The van der Waals surface area contributed by atoms with E-state index in [0.29, 0.717) is 0 Å². The van der Waals surface area contributed by atoms with E-state index >= 15 is 0 Å². The Kier molecular flexibility index (Phi) is 5.99. The zero-order chi connectivity index (χ0) is 22.6. The van der Waals surface area contributed by atoms with Gasteiger partial charge in [0.2, 0.25) is 0 Å². The molecule has 3 aromatic carbocycles. The Hall–Kier alpha value is -3.78. The second kappa shape index (κ2) is 9.38. The third-order valence-electron chi connectivity index (χ3n) is 6.29. The van der Waals surface area contributed by atoms with Crippen LogP contribution in [-0.2, 0) is 6.42 Å². The highest BCUT2D eigenvalue weighted by Gasteiger charge is 2.23. The fourth-order valence-electron chi connectivity index (χ4n) is 4.85. The molecule has 4 aromatic rings. The van der Waals surface area contributed by atoms with Crippen LogP contribution in [0.5, 0.6) is 0 Å². The minimum absolute atomic E-state index is 0.118. The second-order valence-electron chi connectivity index (χ2n) is 8.20. The molecule has 2 nitrogen and oxygen atoms in total. The maximum Gasteiger partial charge on any atom is 0.0721 e. The van der Waals surface area contributed by atoms with Crippen molar-refractivity contribution in [3.63, 3.8) is 0 Å². The first-order valence-electron chi connectivity index (χ1n) is 12.0. The largest absolute Gasteiger partial charge is 0.374 e. The smallest absolute Gasteiger partial charge is 0.0721 e. The number of fused-ring (bicyclic) bond motifs is 3. The first-order valence-corrected chi connectivity index (χ1v) is 12.0. The maximum atomic E-state index is 3.76. The summed E-state index contributed by atoms with van der Waals surface area (Å²) in [6.45, 7) is 4.00. The second-order valence-corrected chi connectivity index (χ2v) is 8.20. The van der Waals surface area contributed by atoms with Crippen molar-refractivity contribution < 1.29 is 0 Å². The number of nitrogens with zero attached hydrogens (tertiary/aromatic N) is 1. The number of rotatable bonds is 3. The number of hydrogen-bond acceptors (Lipinski definition) is 1. The van der Waals surface area contributed by atoms with Crippen LogP contribution in [0.4, 0.5) is 0 Å². The van der Waals surface area contributed by atoms with Crippen LogP contribution >= 0.6 is 0 Å². The number of aromatic nitrogens is 1. The van der Waals surface area contributed by atoms with Gasteiger partial charge < -0.3 is 9.88 Å². The fourth-order valence-corrected chi connectivity index (χ4v) is 4.85. The van der Waals surface area contributed by atoms with Gasteiger partial charge in [-0.05, 0) is 42.2 Å². The van der Waals surface area contributed by atoms with Crippen molar-refractivity contribution in [2.24, 2.45) is 0 Å². The van der Waals surface area contributed by atoms with Crippen molar-refractivity contribution in [2.75, 3.05) is 0 Å². The summed E-state index contributed by atoms with van der Waals surface area (Å²) in [6, 6.07) is 30.2. The Morgan fingerprint density at radius 1 is 0.818 bits per heavy atom. The van der Waals surface area contributed by atoms with E-state index in [1.54, 1.807) is 0 Å². The first-order chi connectivity index (χ1) is 16.4. The van der Waals surface area contributed by atoms with Gasteiger partial charge in [0.1, 0.15) is 0 Å². The van der Waals surface area contributed by atoms with Crippen LogP contribution in [0.2, 0.25) is 0 Å². The molecule has 0 fully saturated rings. The lowest BCUT2D eigenvalue weighted by Gasteiger charge is -2.27. The van der Waals surface area contributed by atoms with Crippen molar-refractivity contribution in [2.45, 2.75) is 32.7 Å². The van der Waals surface area contributed by atoms with Crippen molar-refractivity contribution in [1.82, 2.24) is 9.88 Å². The van der Waals surface area contributed by atoms with E-state index in [1.807, 2.05) is 13.8 Å². The van der Waals surface area contributed by atoms with E-state index in [9.17, 15) is 0 Å². The minimum Gasteiger partial charge on any atom is -0.374 e. The minimum atomic E-state index is 0.118. The van der Waals surface area contributed by atoms with Crippen LogP contribution in [0.15, 0.2) is 103 Å². The maximum absolute atomic E-state index is 3.76. The molecule has 1 unspecified atom stereocenters. The lowest BCUT2D eigenvalue weighted by Crippen LogP contribution is -2.23. The van der Waals surface area contributed by atoms with E-state index in [4.69, 9.17) is 0 Å². The van der Waals surface area contributed by atoms with Gasteiger partial charge in [-0.3, -0.25) is 0 Å².